The van der Waals surface area contributed by atoms with Crippen molar-refractivity contribution in [3.63, 3.8) is 0 Å². The van der Waals surface area contributed by atoms with Gasteiger partial charge in [0.05, 0.1) is 18.7 Å². The first-order valence-corrected chi connectivity index (χ1v) is 9.21. The first-order valence-electron chi connectivity index (χ1n) is 9.21. The van der Waals surface area contributed by atoms with Crippen LogP contribution in [0.3, 0.4) is 0 Å². The van der Waals surface area contributed by atoms with Gasteiger partial charge in [-0.15, -0.1) is 0 Å². The second kappa shape index (κ2) is 8.64. The molecular weight excluding hydrogens is 390 g/mol. The molecule has 0 unspecified atom stereocenters. The first-order chi connectivity index (χ1) is 14.3. The molecule has 3 rings (SSSR count). The highest BCUT2D eigenvalue weighted by Gasteiger charge is 2.30. The molecule has 4 N–H and O–H groups in total. The molecule has 30 heavy (non-hydrogen) atoms. The molecule has 1 aliphatic heterocycles. The number of amidine groups is 1. The molecule has 1 heterocycles. The number of esters is 1. The van der Waals surface area contributed by atoms with E-state index in [4.69, 9.17) is 20.6 Å². The Morgan fingerprint density at radius 2 is 2.00 bits per heavy atom. The fourth-order valence-electron chi connectivity index (χ4n) is 3.12. The molecule has 2 aromatic rings. The smallest absolute Gasteiger partial charge is 0.344 e. The summed E-state index contributed by atoms with van der Waals surface area (Å²) in [4.78, 5) is 37.9. The molecule has 9 nitrogen and oxygen atoms in total. The van der Waals surface area contributed by atoms with Gasteiger partial charge < -0.3 is 25.2 Å². The van der Waals surface area contributed by atoms with Crippen LogP contribution in [0.4, 0.5) is 0 Å². The highest BCUT2D eigenvalue weighted by Crippen LogP contribution is 2.27. The number of phenolic OH excluding ortho intramolecular Hbond substituents is 1. The van der Waals surface area contributed by atoms with Crippen molar-refractivity contribution in [2.24, 2.45) is 5.73 Å². The zero-order chi connectivity index (χ0) is 21.8. The molecule has 0 aromatic heterocycles. The van der Waals surface area contributed by atoms with Crippen LogP contribution in [0.5, 0.6) is 11.5 Å². The lowest BCUT2D eigenvalue weighted by molar-refractivity contribution is -0.145. The second-order valence-corrected chi connectivity index (χ2v) is 6.64. The maximum Gasteiger partial charge on any atom is 0.344 e. The molecule has 0 aliphatic carbocycles. The monoisotopic (exact) mass is 411 g/mol. The zero-order valence-corrected chi connectivity index (χ0v) is 16.3. The Morgan fingerprint density at radius 1 is 1.23 bits per heavy atom. The molecule has 1 aliphatic rings. The van der Waals surface area contributed by atoms with Crippen molar-refractivity contribution in [3.05, 3.63) is 58.7 Å². The maximum atomic E-state index is 12.6. The summed E-state index contributed by atoms with van der Waals surface area (Å²) in [5.74, 6) is -1.50. The highest BCUT2D eigenvalue weighted by atomic mass is 16.6. The van der Waals surface area contributed by atoms with Crippen LogP contribution in [0.25, 0.3) is 0 Å². The normalized spacial score (nSPS) is 12.4. The summed E-state index contributed by atoms with van der Waals surface area (Å²) in [7, 11) is 0. The van der Waals surface area contributed by atoms with Crippen LogP contribution in [-0.2, 0) is 16.1 Å². The number of nitrogens with two attached hydrogens (primary N) is 1. The Morgan fingerprint density at radius 3 is 2.67 bits per heavy atom. The number of carbonyl (C=O) groups excluding carboxylic acids is 3. The minimum Gasteiger partial charge on any atom is -0.507 e. The van der Waals surface area contributed by atoms with E-state index >= 15 is 0 Å². The van der Waals surface area contributed by atoms with E-state index in [1.165, 1.54) is 23.1 Å². The van der Waals surface area contributed by atoms with Gasteiger partial charge in [-0.25, -0.2) is 4.79 Å². The molecule has 9 heteroatoms. The second-order valence-electron chi connectivity index (χ2n) is 6.64. The van der Waals surface area contributed by atoms with Crippen molar-refractivity contribution >= 4 is 23.5 Å². The lowest BCUT2D eigenvalue weighted by Crippen LogP contribution is -2.30. The Hall–Kier alpha value is -3.88. The number of aromatic hydroxyl groups is 1. The predicted octanol–water partition coefficient (Wildman–Crippen LogP) is 1.46. The third kappa shape index (κ3) is 4.40. The van der Waals surface area contributed by atoms with E-state index in [9.17, 15) is 19.5 Å². The summed E-state index contributed by atoms with van der Waals surface area (Å²) in [5.41, 5.74) is 7.17. The van der Waals surface area contributed by atoms with Gasteiger partial charge in [0.2, 0.25) is 0 Å². The van der Waals surface area contributed by atoms with Gasteiger partial charge in [-0.1, -0.05) is 6.07 Å². The van der Waals surface area contributed by atoms with E-state index in [0.717, 1.165) is 0 Å². The summed E-state index contributed by atoms with van der Waals surface area (Å²) in [5, 5.41) is 17.7. The summed E-state index contributed by atoms with van der Waals surface area (Å²) in [6, 6.07) is 8.89. The number of ketones is 1. The van der Waals surface area contributed by atoms with E-state index < -0.39 is 11.8 Å². The van der Waals surface area contributed by atoms with Crippen LogP contribution >= 0.6 is 0 Å². The van der Waals surface area contributed by atoms with Crippen molar-refractivity contribution in [1.29, 1.82) is 5.41 Å². The third-order valence-electron chi connectivity index (χ3n) is 4.56. The van der Waals surface area contributed by atoms with Crippen LogP contribution in [0, 0.1) is 5.41 Å². The van der Waals surface area contributed by atoms with Gasteiger partial charge in [0.1, 0.15) is 17.3 Å². The lowest BCUT2D eigenvalue weighted by atomic mass is 10.1. The number of nitrogens with one attached hydrogen (secondary N) is 1. The quantitative estimate of drug-likeness (QED) is 0.258. The van der Waals surface area contributed by atoms with Crippen molar-refractivity contribution in [2.75, 3.05) is 19.8 Å². The van der Waals surface area contributed by atoms with Crippen LogP contribution in [0.1, 0.15) is 38.8 Å². The number of Topliss-reactive ketones (excluding diaryl/α,β-unsaturated/α-hetero) is 1. The fraction of sp³-hybridized carbons (Fsp3) is 0.238. The number of hydrogen-bond donors (Lipinski definition) is 3. The average Bonchev–Trinajstić information content (AvgIpc) is 3.01. The van der Waals surface area contributed by atoms with Crippen molar-refractivity contribution in [3.8, 4) is 11.5 Å². The molecule has 0 saturated carbocycles. The van der Waals surface area contributed by atoms with Crippen LogP contribution in [-0.4, -0.2) is 53.3 Å². The van der Waals surface area contributed by atoms with E-state index in [1.54, 1.807) is 25.1 Å². The largest absolute Gasteiger partial charge is 0.507 e. The molecule has 2 aromatic carbocycles. The number of fused-ring (bicyclic) bond motifs is 1. The van der Waals surface area contributed by atoms with Crippen LogP contribution in [0.15, 0.2) is 36.4 Å². The molecule has 0 bridgehead atoms. The standard InChI is InChI=1S/C21H21N3O6/c1-2-29-19(27)11-30-14-4-6-16(17(25)8-14)18(26)10-24-9-13-7-12(20(22)23)3-5-15(13)21(24)28/h3-8,25H,2,9-11H2,1H3,(H3,22,23). The molecule has 0 saturated heterocycles. The van der Waals surface area contributed by atoms with Crippen molar-refractivity contribution in [2.45, 2.75) is 13.5 Å². The number of ether oxygens (including phenoxy) is 2. The Bertz CT molecular complexity index is 1030. The van der Waals surface area contributed by atoms with E-state index in [0.29, 0.717) is 16.7 Å². The fourth-order valence-corrected chi connectivity index (χ4v) is 3.12. The Labute approximate surface area is 172 Å². The topological polar surface area (TPSA) is 143 Å². The number of hydrogen-bond acceptors (Lipinski definition) is 7. The van der Waals surface area contributed by atoms with Gasteiger partial charge in [-0.2, -0.15) is 0 Å². The van der Waals surface area contributed by atoms with E-state index in [-0.39, 0.29) is 55.1 Å². The van der Waals surface area contributed by atoms with E-state index in [1.807, 2.05) is 0 Å². The number of carbonyl (C=O) groups is 3. The summed E-state index contributed by atoms with van der Waals surface area (Å²) in [6.45, 7) is 1.58. The SMILES string of the molecule is CCOC(=O)COc1ccc(C(=O)CN2Cc3cc(C(=N)N)ccc3C2=O)c(O)c1. The number of amides is 1. The minimum atomic E-state index is -0.544. The summed E-state index contributed by atoms with van der Waals surface area (Å²) < 4.78 is 9.97. The van der Waals surface area contributed by atoms with Crippen molar-refractivity contribution in [1.82, 2.24) is 4.90 Å². The number of nitrogen functional groups attached to an aromatic ring is 1. The first kappa shape index (κ1) is 20.8. The minimum absolute atomic E-state index is 0.0339. The lowest BCUT2D eigenvalue weighted by Gasteiger charge is -2.15. The molecule has 0 radical (unpaired) electrons. The molecular formula is C21H21N3O6. The molecule has 1 amide bonds. The number of phenols is 1. The van der Waals surface area contributed by atoms with Gasteiger partial charge in [-0.05, 0) is 36.8 Å². The molecule has 156 valence electrons. The third-order valence-corrected chi connectivity index (χ3v) is 4.56. The van der Waals surface area contributed by atoms with E-state index in [2.05, 4.69) is 0 Å². The summed E-state index contributed by atoms with van der Waals surface area (Å²) in [6.07, 6.45) is 0. The predicted molar refractivity (Wildman–Crippen MR) is 107 cm³/mol. The van der Waals surface area contributed by atoms with Gasteiger partial charge in [0.15, 0.2) is 12.4 Å². The summed E-state index contributed by atoms with van der Waals surface area (Å²) >= 11 is 0. The number of nitrogens with zero attached hydrogens (tertiary/aromatic N) is 1. The molecule has 0 atom stereocenters. The Balaban J connectivity index is 1.66. The number of rotatable bonds is 8. The molecule has 0 fully saturated rings. The Kier molecular flexibility index (Phi) is 6.01. The van der Waals surface area contributed by atoms with Gasteiger partial charge >= 0.3 is 5.97 Å². The highest BCUT2D eigenvalue weighted by molar-refractivity contribution is 6.06. The molecule has 0 spiro atoms. The van der Waals surface area contributed by atoms with Gasteiger partial charge in [-0.3, -0.25) is 15.0 Å². The average molecular weight is 411 g/mol. The van der Waals surface area contributed by atoms with Gasteiger partial charge in [0.25, 0.3) is 5.91 Å². The van der Waals surface area contributed by atoms with Gasteiger partial charge in [0, 0.05) is 23.7 Å². The van der Waals surface area contributed by atoms with Crippen LogP contribution in [0.2, 0.25) is 0 Å². The van der Waals surface area contributed by atoms with Crippen molar-refractivity contribution < 1.29 is 29.0 Å². The maximum absolute atomic E-state index is 12.6. The van der Waals surface area contributed by atoms with Crippen LogP contribution < -0.4 is 10.5 Å². The number of benzene rings is 2. The zero-order valence-electron chi connectivity index (χ0n) is 16.3.